The first-order valence-corrected chi connectivity index (χ1v) is 11.8. The number of halogens is 3. The van der Waals surface area contributed by atoms with Crippen LogP contribution in [0.2, 0.25) is 0 Å². The number of aryl methyl sites for hydroxylation is 3. The molecule has 0 atom stereocenters. The summed E-state index contributed by atoms with van der Waals surface area (Å²) in [7, 11) is 0. The molecule has 0 heterocycles. The molecule has 0 fully saturated rings. The van der Waals surface area contributed by atoms with Gasteiger partial charge >= 0.3 is 12.1 Å². The molecular formula is C28H32F3NO4. The van der Waals surface area contributed by atoms with Gasteiger partial charge in [0.05, 0.1) is 17.9 Å². The molecule has 0 spiro atoms. The fourth-order valence-electron chi connectivity index (χ4n) is 3.77. The summed E-state index contributed by atoms with van der Waals surface area (Å²) in [5.41, 5.74) is 0.642. The third-order valence-electron chi connectivity index (χ3n) is 5.45. The van der Waals surface area contributed by atoms with Gasteiger partial charge in [-0.15, -0.1) is 0 Å². The zero-order valence-corrected chi connectivity index (χ0v) is 20.7. The van der Waals surface area contributed by atoms with Gasteiger partial charge in [-0.25, -0.2) is 0 Å². The number of rotatable bonds is 12. The van der Waals surface area contributed by atoms with Gasteiger partial charge in [-0.05, 0) is 87.4 Å². The first-order valence-electron chi connectivity index (χ1n) is 11.8. The quantitative estimate of drug-likeness (QED) is 0.236. The number of carboxylic acids is 1. The summed E-state index contributed by atoms with van der Waals surface area (Å²) < 4.78 is 46.5. The Labute approximate surface area is 209 Å². The van der Waals surface area contributed by atoms with E-state index in [1.165, 1.54) is 12.1 Å². The van der Waals surface area contributed by atoms with Gasteiger partial charge in [0.1, 0.15) is 5.75 Å². The summed E-state index contributed by atoms with van der Waals surface area (Å²) in [6.07, 6.45) is 5.39. The van der Waals surface area contributed by atoms with Crippen LogP contribution in [-0.4, -0.2) is 23.6 Å². The first kappa shape index (κ1) is 28.7. The van der Waals surface area contributed by atoms with Gasteiger partial charge in [0.15, 0.2) is 0 Å². The molecule has 1 amide bonds. The van der Waals surface area contributed by atoms with E-state index in [2.05, 4.69) is 5.32 Å². The van der Waals surface area contributed by atoms with Crippen molar-refractivity contribution in [2.45, 2.75) is 59.1 Å². The van der Waals surface area contributed by atoms with E-state index in [-0.39, 0.29) is 30.5 Å². The van der Waals surface area contributed by atoms with Crippen molar-refractivity contribution in [3.05, 3.63) is 82.5 Å². The average Bonchev–Trinajstić information content (AvgIpc) is 2.77. The van der Waals surface area contributed by atoms with E-state index in [1.54, 1.807) is 26.0 Å². The second-order valence-electron chi connectivity index (χ2n) is 8.46. The maximum absolute atomic E-state index is 13.6. The van der Waals surface area contributed by atoms with Crippen LogP contribution in [-0.2, 0) is 17.4 Å². The number of nitrogens with one attached hydrogen (secondary N) is 1. The number of allylic oxidation sites excluding steroid dienone is 4. The van der Waals surface area contributed by atoms with Crippen molar-refractivity contribution in [2.24, 2.45) is 0 Å². The van der Waals surface area contributed by atoms with Crippen LogP contribution in [0.25, 0.3) is 0 Å². The Morgan fingerprint density at radius 2 is 1.75 bits per heavy atom. The summed E-state index contributed by atoms with van der Waals surface area (Å²) >= 11 is 0. The number of aliphatic carboxylic acids is 1. The molecular weight excluding hydrogens is 471 g/mol. The zero-order chi connectivity index (χ0) is 26.7. The van der Waals surface area contributed by atoms with Crippen molar-refractivity contribution in [1.82, 2.24) is 0 Å². The molecule has 0 unspecified atom stereocenters. The van der Waals surface area contributed by atoms with Crippen LogP contribution in [0.1, 0.15) is 65.2 Å². The lowest BCUT2D eigenvalue weighted by atomic mass is 10.00. The molecule has 8 heteroatoms. The molecule has 194 valence electrons. The largest absolute Gasteiger partial charge is 0.494 e. The molecule has 2 aromatic rings. The average molecular weight is 504 g/mol. The van der Waals surface area contributed by atoms with Gasteiger partial charge in [0, 0.05) is 12.0 Å². The van der Waals surface area contributed by atoms with Gasteiger partial charge in [-0.3, -0.25) is 9.59 Å². The SMILES string of the molecule is C/C=C\C=C/CCCOc1cc(C)c(C(=O)Nc2cc(CCCC(=O)O)ccc2C(F)(F)F)c(C)c1. The molecule has 2 aromatic carbocycles. The van der Waals surface area contributed by atoms with Crippen LogP contribution in [0.4, 0.5) is 18.9 Å². The van der Waals surface area contributed by atoms with E-state index in [9.17, 15) is 22.8 Å². The highest BCUT2D eigenvalue weighted by Gasteiger charge is 2.34. The Morgan fingerprint density at radius 3 is 2.36 bits per heavy atom. The number of anilines is 1. The minimum atomic E-state index is -4.66. The summed E-state index contributed by atoms with van der Waals surface area (Å²) in [5.74, 6) is -1.04. The van der Waals surface area contributed by atoms with E-state index >= 15 is 0 Å². The number of unbranched alkanes of at least 4 members (excludes halogenated alkanes) is 1. The highest BCUT2D eigenvalue weighted by molar-refractivity contribution is 6.06. The smallest absolute Gasteiger partial charge is 0.418 e. The standard InChI is InChI=1S/C28H32F3NO4/c1-4-5-6-7-8-9-15-36-22-16-19(2)26(20(3)17-22)27(35)32-24-18-21(11-10-12-25(33)34)13-14-23(24)28(29,30)31/h4-7,13-14,16-18H,8-12,15H2,1-3H3,(H,32,35)(H,33,34)/b5-4-,7-6-. The summed E-state index contributed by atoms with van der Waals surface area (Å²) in [6, 6.07) is 6.87. The molecule has 0 aliphatic rings. The Balaban J connectivity index is 2.16. The van der Waals surface area contributed by atoms with Crippen LogP contribution in [0.5, 0.6) is 5.75 Å². The number of carboxylic acid groups (broad SMARTS) is 1. The monoisotopic (exact) mass is 503 g/mol. The van der Waals surface area contributed by atoms with E-state index < -0.39 is 23.6 Å². The summed E-state index contributed by atoms with van der Waals surface area (Å²) in [5, 5.41) is 11.2. The van der Waals surface area contributed by atoms with Crippen molar-refractivity contribution in [2.75, 3.05) is 11.9 Å². The van der Waals surface area contributed by atoms with Crippen molar-refractivity contribution in [3.63, 3.8) is 0 Å². The lowest BCUT2D eigenvalue weighted by Gasteiger charge is -2.17. The van der Waals surface area contributed by atoms with Crippen molar-refractivity contribution < 1.29 is 32.6 Å². The maximum atomic E-state index is 13.6. The molecule has 5 nitrogen and oxygen atoms in total. The predicted molar refractivity (Wildman–Crippen MR) is 135 cm³/mol. The van der Waals surface area contributed by atoms with E-state index in [0.717, 1.165) is 18.9 Å². The Morgan fingerprint density at radius 1 is 1.06 bits per heavy atom. The fourth-order valence-corrected chi connectivity index (χ4v) is 3.77. The van der Waals surface area contributed by atoms with Crippen LogP contribution in [0, 0.1) is 13.8 Å². The second-order valence-corrected chi connectivity index (χ2v) is 8.46. The lowest BCUT2D eigenvalue weighted by molar-refractivity contribution is -0.137. The van der Waals surface area contributed by atoms with E-state index in [1.807, 2.05) is 31.2 Å². The predicted octanol–water partition coefficient (Wildman–Crippen LogP) is 7.27. The number of carbonyl (C=O) groups excluding carboxylic acids is 1. The van der Waals surface area contributed by atoms with Crippen LogP contribution < -0.4 is 10.1 Å². The number of alkyl halides is 3. The molecule has 0 radical (unpaired) electrons. The van der Waals surface area contributed by atoms with Crippen LogP contribution in [0.15, 0.2) is 54.6 Å². The lowest BCUT2D eigenvalue weighted by Crippen LogP contribution is -2.19. The topological polar surface area (TPSA) is 75.6 Å². The van der Waals surface area contributed by atoms with Gasteiger partial charge in [-0.1, -0.05) is 30.4 Å². The number of hydrogen-bond donors (Lipinski definition) is 2. The highest BCUT2D eigenvalue weighted by Crippen LogP contribution is 2.36. The Bertz CT molecular complexity index is 1100. The summed E-state index contributed by atoms with van der Waals surface area (Å²) in [6.45, 7) is 5.86. The Hall–Kier alpha value is -3.55. The number of ether oxygens (including phenoxy) is 1. The molecule has 0 aliphatic heterocycles. The molecule has 36 heavy (non-hydrogen) atoms. The molecule has 0 bridgehead atoms. The normalized spacial score (nSPS) is 11.8. The van der Waals surface area contributed by atoms with Gasteiger partial charge in [0.25, 0.3) is 5.91 Å². The van der Waals surface area contributed by atoms with Crippen molar-refractivity contribution >= 4 is 17.6 Å². The van der Waals surface area contributed by atoms with Crippen molar-refractivity contribution in [3.8, 4) is 5.75 Å². The number of benzene rings is 2. The zero-order valence-electron chi connectivity index (χ0n) is 20.7. The molecule has 0 saturated heterocycles. The third-order valence-corrected chi connectivity index (χ3v) is 5.45. The number of hydrogen-bond acceptors (Lipinski definition) is 3. The van der Waals surface area contributed by atoms with Gasteiger partial charge in [-0.2, -0.15) is 13.2 Å². The first-order chi connectivity index (χ1) is 17.0. The number of amides is 1. The van der Waals surface area contributed by atoms with Crippen LogP contribution >= 0.6 is 0 Å². The van der Waals surface area contributed by atoms with Crippen molar-refractivity contribution in [1.29, 1.82) is 0 Å². The molecule has 2 rings (SSSR count). The Kier molecular flexibility index (Phi) is 10.8. The molecule has 2 N–H and O–H groups in total. The minimum absolute atomic E-state index is 0.0948. The van der Waals surface area contributed by atoms with Crippen LogP contribution in [0.3, 0.4) is 0 Å². The maximum Gasteiger partial charge on any atom is 0.418 e. The molecule has 0 saturated carbocycles. The second kappa shape index (κ2) is 13.5. The van der Waals surface area contributed by atoms with E-state index in [4.69, 9.17) is 9.84 Å². The molecule has 0 aromatic heterocycles. The van der Waals surface area contributed by atoms with E-state index in [0.29, 0.717) is 29.0 Å². The van der Waals surface area contributed by atoms with Gasteiger partial charge < -0.3 is 15.2 Å². The summed E-state index contributed by atoms with van der Waals surface area (Å²) in [4.78, 5) is 23.8. The fraction of sp³-hybridized carbons (Fsp3) is 0.357. The third kappa shape index (κ3) is 8.91. The van der Waals surface area contributed by atoms with Gasteiger partial charge in [0.2, 0.25) is 0 Å². The molecule has 0 aliphatic carbocycles. The number of carbonyl (C=O) groups is 2. The highest BCUT2D eigenvalue weighted by atomic mass is 19.4. The minimum Gasteiger partial charge on any atom is -0.494 e.